The van der Waals surface area contributed by atoms with Crippen LogP contribution in [0.4, 0.5) is 0 Å². The fourth-order valence-electron chi connectivity index (χ4n) is 1.93. The van der Waals surface area contributed by atoms with Gasteiger partial charge in [0.05, 0.1) is 20.4 Å². The lowest BCUT2D eigenvalue weighted by molar-refractivity contribution is 0.355. The normalized spacial score (nSPS) is 10.5. The third-order valence-corrected chi connectivity index (χ3v) is 3.25. The average Bonchev–Trinajstić information content (AvgIpc) is 2.55. The monoisotopic (exact) mass is 314 g/mol. The average molecular weight is 314 g/mol. The molecule has 0 saturated carbocycles. The Morgan fingerprint density at radius 2 is 1.82 bits per heavy atom. The van der Waals surface area contributed by atoms with Gasteiger partial charge in [0.15, 0.2) is 11.5 Å². The van der Waals surface area contributed by atoms with Crippen LogP contribution in [-0.4, -0.2) is 25.4 Å². The Morgan fingerprint density at radius 3 is 2.50 bits per heavy atom. The van der Waals surface area contributed by atoms with Gasteiger partial charge in [-0.1, -0.05) is 42.5 Å². The summed E-state index contributed by atoms with van der Waals surface area (Å²) in [7, 11) is 3.21. The maximum Gasteiger partial charge on any atom is 0.161 e. The molecular weight excluding hydrogens is 296 g/mol. The van der Waals surface area contributed by atoms with E-state index in [-0.39, 0.29) is 0 Å². The Labute approximate surface area is 135 Å². The first kappa shape index (κ1) is 16.0. The van der Waals surface area contributed by atoms with Crippen molar-refractivity contribution < 1.29 is 9.47 Å². The summed E-state index contributed by atoms with van der Waals surface area (Å²) in [5.74, 6) is 1.35. The lowest BCUT2D eigenvalue weighted by Gasteiger charge is -2.07. The fraction of sp³-hybridized carbons (Fsp3) is 0.176. The molecule has 0 atom stereocenters. The molecule has 5 heteroatoms. The minimum atomic E-state index is 0.665. The van der Waals surface area contributed by atoms with E-state index >= 15 is 0 Å². The Kier molecular flexibility index (Phi) is 5.91. The summed E-state index contributed by atoms with van der Waals surface area (Å²) in [5, 5.41) is 4.16. The van der Waals surface area contributed by atoms with E-state index in [4.69, 9.17) is 21.7 Å². The summed E-state index contributed by atoms with van der Waals surface area (Å²) in [6.45, 7) is 0. The summed E-state index contributed by atoms with van der Waals surface area (Å²) in [5.41, 5.74) is 4.92. The maximum atomic E-state index is 5.27. The number of nitrogens with zero attached hydrogens (tertiary/aromatic N) is 1. The summed E-state index contributed by atoms with van der Waals surface area (Å²) in [6.07, 6.45) is 2.36. The van der Waals surface area contributed by atoms with Gasteiger partial charge in [0.25, 0.3) is 0 Å². The van der Waals surface area contributed by atoms with E-state index in [0.717, 1.165) is 11.1 Å². The lowest BCUT2D eigenvalue weighted by atomic mass is 10.2. The zero-order chi connectivity index (χ0) is 15.8. The van der Waals surface area contributed by atoms with Crippen LogP contribution in [0.1, 0.15) is 11.1 Å². The first-order valence-electron chi connectivity index (χ1n) is 6.81. The van der Waals surface area contributed by atoms with Crippen molar-refractivity contribution in [2.24, 2.45) is 5.10 Å². The molecule has 0 aliphatic rings. The Balaban J connectivity index is 1.93. The van der Waals surface area contributed by atoms with Crippen molar-refractivity contribution in [2.75, 3.05) is 14.2 Å². The number of thiocarbonyl (C=S) groups is 1. The minimum Gasteiger partial charge on any atom is -0.493 e. The van der Waals surface area contributed by atoms with Gasteiger partial charge in [-0.05, 0) is 29.3 Å². The van der Waals surface area contributed by atoms with Gasteiger partial charge >= 0.3 is 0 Å². The Hall–Kier alpha value is -2.40. The van der Waals surface area contributed by atoms with Crippen molar-refractivity contribution in [3.8, 4) is 11.5 Å². The van der Waals surface area contributed by atoms with Gasteiger partial charge in [-0.3, -0.25) is 5.43 Å². The molecule has 2 rings (SSSR count). The smallest absolute Gasteiger partial charge is 0.161 e. The number of hydrazone groups is 1. The second-order valence-electron chi connectivity index (χ2n) is 4.57. The van der Waals surface area contributed by atoms with Crippen LogP contribution < -0.4 is 14.9 Å². The Morgan fingerprint density at radius 1 is 1.09 bits per heavy atom. The van der Waals surface area contributed by atoms with Crippen molar-refractivity contribution in [1.82, 2.24) is 5.43 Å². The highest BCUT2D eigenvalue weighted by molar-refractivity contribution is 7.80. The molecule has 4 nitrogen and oxygen atoms in total. The number of hydrogen-bond donors (Lipinski definition) is 1. The molecule has 2 aromatic rings. The van der Waals surface area contributed by atoms with Crippen LogP contribution in [0.15, 0.2) is 53.6 Å². The van der Waals surface area contributed by atoms with Crippen molar-refractivity contribution >= 4 is 23.4 Å². The number of nitrogens with one attached hydrogen (secondary N) is 1. The quantitative estimate of drug-likeness (QED) is 0.505. The second kappa shape index (κ2) is 8.14. The Bertz CT molecular complexity index is 657. The zero-order valence-electron chi connectivity index (χ0n) is 12.6. The molecule has 0 aliphatic carbocycles. The van der Waals surface area contributed by atoms with E-state index in [0.29, 0.717) is 22.9 Å². The van der Waals surface area contributed by atoms with Crippen LogP contribution in [0, 0.1) is 0 Å². The van der Waals surface area contributed by atoms with Crippen molar-refractivity contribution in [3.05, 3.63) is 59.7 Å². The standard InChI is InChI=1S/C17H18N2O2S/c1-20-15-9-8-14(10-16(15)21-2)12-18-19-17(22)11-13-6-4-3-5-7-13/h3-10,12H,11H2,1-2H3,(H,19,22)/b18-12-. The molecule has 0 spiro atoms. The van der Waals surface area contributed by atoms with Crippen LogP contribution in [0.2, 0.25) is 0 Å². The molecule has 0 aromatic heterocycles. The highest BCUT2D eigenvalue weighted by Crippen LogP contribution is 2.26. The first-order chi connectivity index (χ1) is 10.7. The first-order valence-corrected chi connectivity index (χ1v) is 7.21. The van der Waals surface area contributed by atoms with Crippen LogP contribution >= 0.6 is 12.2 Å². The van der Waals surface area contributed by atoms with Gasteiger partial charge in [-0.25, -0.2) is 0 Å². The molecule has 0 radical (unpaired) electrons. The SMILES string of the molecule is COc1ccc(/C=N\NC(=S)Cc2ccccc2)cc1OC. The van der Waals surface area contributed by atoms with Gasteiger partial charge in [0.2, 0.25) is 0 Å². The van der Waals surface area contributed by atoms with Gasteiger partial charge in [-0.15, -0.1) is 0 Å². The summed E-state index contributed by atoms with van der Waals surface area (Å²) < 4.78 is 10.4. The van der Waals surface area contributed by atoms with E-state index in [9.17, 15) is 0 Å². The van der Waals surface area contributed by atoms with Crippen molar-refractivity contribution in [2.45, 2.75) is 6.42 Å². The minimum absolute atomic E-state index is 0.665. The van der Waals surface area contributed by atoms with Gasteiger partial charge in [-0.2, -0.15) is 5.10 Å². The molecule has 0 saturated heterocycles. The third kappa shape index (κ3) is 4.56. The van der Waals surface area contributed by atoms with Crippen molar-refractivity contribution in [3.63, 3.8) is 0 Å². The summed E-state index contributed by atoms with van der Waals surface area (Å²) >= 11 is 5.27. The predicted octanol–water partition coefficient (Wildman–Crippen LogP) is 3.20. The number of hydrogen-bond acceptors (Lipinski definition) is 4. The molecule has 0 bridgehead atoms. The van der Waals surface area contributed by atoms with E-state index in [2.05, 4.69) is 10.5 Å². The number of benzene rings is 2. The molecular formula is C17H18N2O2S. The van der Waals surface area contributed by atoms with E-state index in [1.807, 2.05) is 48.5 Å². The highest BCUT2D eigenvalue weighted by atomic mass is 32.1. The number of methoxy groups -OCH3 is 2. The predicted molar refractivity (Wildman–Crippen MR) is 93.0 cm³/mol. The second-order valence-corrected chi connectivity index (χ2v) is 5.06. The topological polar surface area (TPSA) is 42.8 Å². The summed E-state index contributed by atoms with van der Waals surface area (Å²) in [6, 6.07) is 15.6. The molecule has 0 aliphatic heterocycles. The molecule has 0 unspecified atom stereocenters. The van der Waals surface area contributed by atoms with Gasteiger partial charge in [0, 0.05) is 6.42 Å². The fourth-order valence-corrected chi connectivity index (χ4v) is 2.15. The largest absolute Gasteiger partial charge is 0.493 e. The molecule has 2 aromatic carbocycles. The molecule has 0 fully saturated rings. The zero-order valence-corrected chi connectivity index (χ0v) is 13.4. The van der Waals surface area contributed by atoms with Crippen LogP contribution in [0.5, 0.6) is 11.5 Å². The van der Waals surface area contributed by atoms with Gasteiger partial charge < -0.3 is 9.47 Å². The van der Waals surface area contributed by atoms with Gasteiger partial charge in [0.1, 0.15) is 4.99 Å². The number of rotatable bonds is 6. The van der Waals surface area contributed by atoms with Crippen LogP contribution in [-0.2, 0) is 6.42 Å². The third-order valence-electron chi connectivity index (χ3n) is 3.02. The molecule has 0 amide bonds. The summed E-state index contributed by atoms with van der Waals surface area (Å²) in [4.78, 5) is 0.669. The molecule has 22 heavy (non-hydrogen) atoms. The van der Waals surface area contributed by atoms with Crippen molar-refractivity contribution in [1.29, 1.82) is 0 Å². The highest BCUT2D eigenvalue weighted by Gasteiger charge is 2.03. The maximum absolute atomic E-state index is 5.27. The molecule has 114 valence electrons. The van der Waals surface area contributed by atoms with E-state index < -0.39 is 0 Å². The van der Waals surface area contributed by atoms with E-state index in [1.54, 1.807) is 20.4 Å². The number of ether oxygens (including phenoxy) is 2. The van der Waals surface area contributed by atoms with Crippen LogP contribution in [0.25, 0.3) is 0 Å². The molecule has 0 heterocycles. The molecule has 1 N–H and O–H groups in total. The van der Waals surface area contributed by atoms with Crippen LogP contribution in [0.3, 0.4) is 0 Å². The lowest BCUT2D eigenvalue weighted by Crippen LogP contribution is -2.17. The van der Waals surface area contributed by atoms with E-state index in [1.165, 1.54) is 0 Å².